The number of carbonyl (C=O) groups excluding carboxylic acids is 1. The quantitative estimate of drug-likeness (QED) is 0.720. The smallest absolute Gasteiger partial charge is 0.291 e. The second-order valence-electron chi connectivity index (χ2n) is 7.12. The molecule has 3 aromatic heterocycles. The molecule has 0 aromatic carbocycles. The summed E-state index contributed by atoms with van der Waals surface area (Å²) in [7, 11) is 0. The summed E-state index contributed by atoms with van der Waals surface area (Å²) in [5.41, 5.74) is 1.57. The minimum Gasteiger partial charge on any atom is -0.394 e. The summed E-state index contributed by atoms with van der Waals surface area (Å²) in [6, 6.07) is -0.306. The molecule has 8 nitrogen and oxygen atoms in total. The first-order chi connectivity index (χ1) is 12.4. The lowest BCUT2D eigenvalue weighted by molar-refractivity contribution is -0.0379. The van der Waals surface area contributed by atoms with Gasteiger partial charge < -0.3 is 15.2 Å². The Hall–Kier alpha value is -2.10. The van der Waals surface area contributed by atoms with Crippen LogP contribution in [-0.4, -0.2) is 48.8 Å². The number of aliphatic hydroxyl groups is 1. The van der Waals surface area contributed by atoms with E-state index in [0.29, 0.717) is 18.7 Å². The van der Waals surface area contributed by atoms with Crippen LogP contribution in [0.3, 0.4) is 0 Å². The topological polar surface area (TPSA) is 102 Å². The van der Waals surface area contributed by atoms with Gasteiger partial charge in [0.2, 0.25) is 5.82 Å². The fourth-order valence-corrected chi connectivity index (χ4v) is 4.23. The van der Waals surface area contributed by atoms with Crippen molar-refractivity contribution in [2.75, 3.05) is 6.61 Å². The van der Waals surface area contributed by atoms with Crippen LogP contribution in [0.2, 0.25) is 0 Å². The molecule has 1 atom stereocenters. The maximum atomic E-state index is 12.4. The molecular weight excluding hydrogens is 354 g/mol. The SMILES string of the molecule is CC[C@@H](CO)NC(=O)c1nc2c3c4c(sc3ncn2n1)COC(C)(C)C4. The summed E-state index contributed by atoms with van der Waals surface area (Å²) < 4.78 is 7.45. The Morgan fingerprint density at radius 2 is 2.35 bits per heavy atom. The molecule has 4 heterocycles. The third-order valence-corrected chi connectivity index (χ3v) is 5.77. The molecule has 3 aromatic rings. The van der Waals surface area contributed by atoms with Crippen LogP contribution in [0.4, 0.5) is 0 Å². The molecule has 1 aliphatic heterocycles. The lowest BCUT2D eigenvalue weighted by Crippen LogP contribution is -2.37. The van der Waals surface area contributed by atoms with E-state index in [-0.39, 0.29) is 24.1 Å². The van der Waals surface area contributed by atoms with Crippen LogP contribution in [0.25, 0.3) is 15.9 Å². The third kappa shape index (κ3) is 2.85. The van der Waals surface area contributed by atoms with Crippen LogP contribution in [0.1, 0.15) is 48.3 Å². The van der Waals surface area contributed by atoms with Gasteiger partial charge in [-0.05, 0) is 25.8 Å². The fraction of sp³-hybridized carbons (Fsp3) is 0.529. The molecule has 0 unspecified atom stereocenters. The van der Waals surface area contributed by atoms with E-state index in [1.807, 2.05) is 6.92 Å². The minimum absolute atomic E-state index is 0.0810. The van der Waals surface area contributed by atoms with E-state index in [2.05, 4.69) is 34.2 Å². The Labute approximate surface area is 154 Å². The number of nitrogens with zero attached hydrogens (tertiary/aromatic N) is 4. The Morgan fingerprint density at radius 3 is 3.08 bits per heavy atom. The van der Waals surface area contributed by atoms with Gasteiger partial charge in [-0.25, -0.2) is 14.5 Å². The fourth-order valence-electron chi connectivity index (χ4n) is 3.16. The average molecular weight is 375 g/mol. The Morgan fingerprint density at radius 1 is 1.54 bits per heavy atom. The van der Waals surface area contributed by atoms with Crippen molar-refractivity contribution in [3.05, 3.63) is 22.6 Å². The molecule has 0 saturated heterocycles. The number of thiophene rings is 1. The highest BCUT2D eigenvalue weighted by molar-refractivity contribution is 7.19. The van der Waals surface area contributed by atoms with Crippen LogP contribution in [-0.2, 0) is 17.8 Å². The molecular formula is C17H21N5O3S. The number of carbonyl (C=O) groups is 1. The summed E-state index contributed by atoms with van der Waals surface area (Å²) in [6.45, 7) is 6.47. The predicted molar refractivity (Wildman–Crippen MR) is 97.4 cm³/mol. The molecule has 0 fully saturated rings. The number of ether oxygens (including phenoxy) is 1. The zero-order valence-electron chi connectivity index (χ0n) is 14.9. The van der Waals surface area contributed by atoms with E-state index in [4.69, 9.17) is 4.74 Å². The number of rotatable bonds is 4. The van der Waals surface area contributed by atoms with Crippen molar-refractivity contribution in [2.45, 2.75) is 51.9 Å². The van der Waals surface area contributed by atoms with E-state index < -0.39 is 5.91 Å². The van der Waals surface area contributed by atoms with Gasteiger partial charge in [-0.1, -0.05) is 6.92 Å². The van der Waals surface area contributed by atoms with Crippen molar-refractivity contribution < 1.29 is 14.6 Å². The van der Waals surface area contributed by atoms with Crippen molar-refractivity contribution in [1.82, 2.24) is 24.9 Å². The summed E-state index contributed by atoms with van der Waals surface area (Å²) >= 11 is 1.60. The molecule has 1 aliphatic rings. The number of fused-ring (bicyclic) bond motifs is 5. The first-order valence-electron chi connectivity index (χ1n) is 8.63. The second-order valence-corrected chi connectivity index (χ2v) is 8.20. The second kappa shape index (κ2) is 6.26. The van der Waals surface area contributed by atoms with Gasteiger partial charge >= 0.3 is 0 Å². The highest BCUT2D eigenvalue weighted by atomic mass is 32.1. The maximum Gasteiger partial charge on any atom is 0.291 e. The first-order valence-corrected chi connectivity index (χ1v) is 9.45. The number of amides is 1. The molecule has 4 rings (SSSR count). The molecule has 2 N–H and O–H groups in total. The van der Waals surface area contributed by atoms with Gasteiger partial charge in [0, 0.05) is 11.3 Å². The van der Waals surface area contributed by atoms with E-state index in [1.165, 1.54) is 5.56 Å². The van der Waals surface area contributed by atoms with E-state index in [1.54, 1.807) is 22.2 Å². The van der Waals surface area contributed by atoms with Crippen molar-refractivity contribution >= 4 is 33.1 Å². The summed E-state index contributed by atoms with van der Waals surface area (Å²) in [5.74, 6) is -0.312. The lowest BCUT2D eigenvalue weighted by Gasteiger charge is -2.30. The number of aliphatic hydroxyl groups excluding tert-OH is 1. The van der Waals surface area contributed by atoms with Crippen LogP contribution >= 0.6 is 11.3 Å². The lowest BCUT2D eigenvalue weighted by atomic mass is 9.94. The number of nitrogens with one attached hydrogen (secondary N) is 1. The van der Waals surface area contributed by atoms with Gasteiger partial charge in [0.05, 0.1) is 30.2 Å². The first kappa shape index (κ1) is 17.3. The predicted octanol–water partition coefficient (Wildman–Crippen LogP) is 1.69. The molecule has 138 valence electrons. The van der Waals surface area contributed by atoms with E-state index in [0.717, 1.165) is 21.5 Å². The van der Waals surface area contributed by atoms with Gasteiger partial charge in [0.25, 0.3) is 5.91 Å². The molecule has 0 aliphatic carbocycles. The monoisotopic (exact) mass is 375 g/mol. The number of hydrogen-bond acceptors (Lipinski definition) is 7. The zero-order chi connectivity index (χ0) is 18.5. The van der Waals surface area contributed by atoms with Crippen molar-refractivity contribution in [2.24, 2.45) is 0 Å². The highest BCUT2D eigenvalue weighted by Gasteiger charge is 2.31. The van der Waals surface area contributed by atoms with Crippen LogP contribution in [0, 0.1) is 0 Å². The van der Waals surface area contributed by atoms with Gasteiger partial charge in [-0.3, -0.25) is 4.79 Å². The molecule has 26 heavy (non-hydrogen) atoms. The molecule has 0 saturated carbocycles. The van der Waals surface area contributed by atoms with Gasteiger partial charge in [0.1, 0.15) is 11.2 Å². The molecule has 1 amide bonds. The van der Waals surface area contributed by atoms with Gasteiger partial charge in [-0.2, -0.15) is 0 Å². The Bertz CT molecular complexity index is 989. The molecule has 0 radical (unpaired) electrons. The summed E-state index contributed by atoms with van der Waals surface area (Å²) in [5, 5.41) is 17.2. The average Bonchev–Trinajstić information content (AvgIpc) is 3.19. The van der Waals surface area contributed by atoms with E-state index in [9.17, 15) is 9.90 Å². The summed E-state index contributed by atoms with van der Waals surface area (Å²) in [6.07, 6.45) is 2.98. The standard InChI is InChI=1S/C17H21N5O3S/c1-4-9(6-23)19-15(24)13-20-14-12-10-5-17(2,3)25-7-11(10)26-16(12)18-8-22(14)21-13/h8-9,23H,4-7H2,1-3H3,(H,19,24)/t9-/m0/s1. The van der Waals surface area contributed by atoms with Crippen LogP contribution < -0.4 is 5.32 Å². The third-order valence-electron chi connectivity index (χ3n) is 4.66. The van der Waals surface area contributed by atoms with Gasteiger partial charge in [-0.15, -0.1) is 16.4 Å². The van der Waals surface area contributed by atoms with Crippen LogP contribution in [0.15, 0.2) is 6.33 Å². The van der Waals surface area contributed by atoms with E-state index >= 15 is 0 Å². The summed E-state index contributed by atoms with van der Waals surface area (Å²) in [4.78, 5) is 23.4. The van der Waals surface area contributed by atoms with Gasteiger partial charge in [0.15, 0.2) is 5.65 Å². The van der Waals surface area contributed by atoms with Crippen molar-refractivity contribution in [3.8, 4) is 0 Å². The zero-order valence-corrected chi connectivity index (χ0v) is 15.8. The number of hydrogen-bond donors (Lipinski definition) is 2. The molecule has 0 bridgehead atoms. The normalized spacial score (nSPS) is 17.4. The Balaban J connectivity index is 1.80. The maximum absolute atomic E-state index is 12.4. The number of aromatic nitrogens is 4. The molecule has 0 spiro atoms. The minimum atomic E-state index is -0.393. The molecule has 9 heteroatoms. The van der Waals surface area contributed by atoms with Crippen LogP contribution in [0.5, 0.6) is 0 Å². The largest absolute Gasteiger partial charge is 0.394 e. The van der Waals surface area contributed by atoms with Crippen molar-refractivity contribution in [1.29, 1.82) is 0 Å². The highest BCUT2D eigenvalue weighted by Crippen LogP contribution is 2.39. The Kier molecular flexibility index (Phi) is 4.17. The van der Waals surface area contributed by atoms with Crippen molar-refractivity contribution in [3.63, 3.8) is 0 Å².